The highest BCUT2D eigenvalue weighted by molar-refractivity contribution is 6.15. The van der Waals surface area contributed by atoms with E-state index in [4.69, 9.17) is 28.7 Å². The lowest BCUT2D eigenvalue weighted by Gasteiger charge is -2.13. The molecule has 7 nitrogen and oxygen atoms in total. The second-order valence-corrected chi connectivity index (χ2v) is 5.24. The highest BCUT2D eigenvalue weighted by atomic mass is 16.7. The third-order valence-electron chi connectivity index (χ3n) is 3.70. The van der Waals surface area contributed by atoms with Crippen LogP contribution in [0.25, 0.3) is 12.2 Å². The maximum Gasteiger partial charge on any atom is 0.487 e. The molecule has 27 heavy (non-hydrogen) atoms. The van der Waals surface area contributed by atoms with Crippen LogP contribution in [0.2, 0.25) is 0 Å². The Morgan fingerprint density at radius 2 is 1.37 bits per heavy atom. The van der Waals surface area contributed by atoms with Crippen LogP contribution in [-0.2, 0) is 4.65 Å². The van der Waals surface area contributed by atoms with Gasteiger partial charge in [-0.05, 0) is 35.4 Å². The van der Waals surface area contributed by atoms with E-state index in [1.54, 1.807) is 40.6 Å². The van der Waals surface area contributed by atoms with Gasteiger partial charge in [-0.1, -0.05) is 18.2 Å². The first-order valence-corrected chi connectivity index (χ1v) is 8.03. The molecule has 0 saturated carbocycles. The Hall–Kier alpha value is -2.84. The predicted octanol–water partition coefficient (Wildman–Crippen LogP) is 2.77. The molecule has 0 fully saturated rings. The van der Waals surface area contributed by atoms with E-state index in [1.807, 2.05) is 30.4 Å². The summed E-state index contributed by atoms with van der Waals surface area (Å²) >= 11 is 0. The minimum Gasteiger partial charge on any atom is -0.493 e. The van der Waals surface area contributed by atoms with Crippen molar-refractivity contribution < 1.29 is 33.4 Å². The minimum atomic E-state index is -0.132. The van der Waals surface area contributed by atoms with Gasteiger partial charge in [0.05, 0.1) is 28.4 Å². The molecule has 2 rings (SSSR count). The van der Waals surface area contributed by atoms with Gasteiger partial charge in [-0.25, -0.2) is 0 Å². The van der Waals surface area contributed by atoms with Gasteiger partial charge in [0.2, 0.25) is 5.75 Å². The van der Waals surface area contributed by atoms with Crippen molar-refractivity contribution >= 4 is 19.8 Å². The monoisotopic (exact) mass is 373 g/mol. The maximum atomic E-state index is 8.56. The highest BCUT2D eigenvalue weighted by Crippen LogP contribution is 2.38. The summed E-state index contributed by atoms with van der Waals surface area (Å²) < 4.78 is 31.4. The maximum absolute atomic E-state index is 8.56. The van der Waals surface area contributed by atoms with E-state index in [0.717, 1.165) is 11.1 Å². The molecule has 2 aromatic carbocycles. The summed E-state index contributed by atoms with van der Waals surface area (Å²) in [6.45, 7) is -0.132. The quantitative estimate of drug-likeness (QED) is 0.297. The van der Waals surface area contributed by atoms with Crippen LogP contribution >= 0.6 is 0 Å². The van der Waals surface area contributed by atoms with Crippen LogP contribution in [0.1, 0.15) is 11.1 Å². The van der Waals surface area contributed by atoms with Crippen LogP contribution in [0.3, 0.4) is 0 Å². The largest absolute Gasteiger partial charge is 0.493 e. The van der Waals surface area contributed by atoms with Gasteiger partial charge in [-0.15, -0.1) is 0 Å². The highest BCUT2D eigenvalue weighted by Gasteiger charge is 2.12. The molecule has 0 saturated heterocycles. The summed E-state index contributed by atoms with van der Waals surface area (Å²) in [5.41, 5.74) is 1.76. The zero-order valence-corrected chi connectivity index (χ0v) is 15.7. The zero-order chi connectivity index (χ0) is 19.6. The van der Waals surface area contributed by atoms with E-state index >= 15 is 0 Å². The standard InChI is InChI=1S/C19H22BO7/c1-22-15-8-7-13(9-16(15)26-12-27-20-21)5-6-14-10-17(23-2)19(25-4)18(11-14)24-3/h5-11,21H,12H2,1-4H3/b6-5-. The Balaban J connectivity index is 2.28. The van der Waals surface area contributed by atoms with Gasteiger partial charge in [0, 0.05) is 0 Å². The molecule has 1 N–H and O–H groups in total. The molecule has 0 bridgehead atoms. The SMILES string of the molecule is COc1ccc(/C=C\c2cc(OC)c(OC)c(OC)c2)cc1OCO[B]O. The van der Waals surface area contributed by atoms with Gasteiger partial charge in [-0.3, -0.25) is 0 Å². The fourth-order valence-electron chi connectivity index (χ4n) is 2.43. The summed E-state index contributed by atoms with van der Waals surface area (Å²) in [4.78, 5) is 0. The van der Waals surface area contributed by atoms with Crippen LogP contribution in [0.15, 0.2) is 30.3 Å². The van der Waals surface area contributed by atoms with Crippen LogP contribution in [0.4, 0.5) is 0 Å². The Bertz CT molecular complexity index is 752. The number of rotatable bonds is 10. The van der Waals surface area contributed by atoms with Crippen molar-refractivity contribution in [1.29, 1.82) is 0 Å². The molecule has 1 radical (unpaired) electrons. The van der Waals surface area contributed by atoms with Crippen molar-refractivity contribution in [2.24, 2.45) is 0 Å². The molecule has 8 heteroatoms. The molecule has 0 atom stereocenters. The third-order valence-corrected chi connectivity index (χ3v) is 3.70. The summed E-state index contributed by atoms with van der Waals surface area (Å²) in [6.07, 6.45) is 3.82. The number of hydrogen-bond donors (Lipinski definition) is 1. The fourth-order valence-corrected chi connectivity index (χ4v) is 2.43. The van der Waals surface area contributed by atoms with Crippen molar-refractivity contribution in [3.05, 3.63) is 41.5 Å². The molecule has 2 aromatic rings. The summed E-state index contributed by atoms with van der Waals surface area (Å²) in [5, 5.41) is 8.56. The minimum absolute atomic E-state index is 0.132. The van der Waals surface area contributed by atoms with Gasteiger partial charge in [-0.2, -0.15) is 0 Å². The molecule has 0 aliphatic heterocycles. The molecule has 0 aliphatic rings. The predicted molar refractivity (Wildman–Crippen MR) is 103 cm³/mol. The summed E-state index contributed by atoms with van der Waals surface area (Å²) in [6, 6.07) is 9.17. The van der Waals surface area contributed by atoms with Crippen molar-refractivity contribution in [2.45, 2.75) is 0 Å². The fraction of sp³-hybridized carbons (Fsp3) is 0.263. The molecule has 0 aliphatic carbocycles. The Morgan fingerprint density at radius 3 is 1.93 bits per heavy atom. The van der Waals surface area contributed by atoms with E-state index in [2.05, 4.69) is 4.65 Å². The average molecular weight is 373 g/mol. The van der Waals surface area contributed by atoms with Crippen LogP contribution in [-0.4, -0.2) is 47.9 Å². The summed E-state index contributed by atoms with van der Waals surface area (Å²) in [5.74, 6) is 2.74. The molecular formula is C19H22BO7. The van der Waals surface area contributed by atoms with Crippen molar-refractivity contribution in [3.8, 4) is 28.7 Å². The van der Waals surface area contributed by atoms with Gasteiger partial charge < -0.3 is 33.4 Å². The van der Waals surface area contributed by atoms with E-state index in [-0.39, 0.29) is 6.79 Å². The van der Waals surface area contributed by atoms with E-state index in [9.17, 15) is 0 Å². The van der Waals surface area contributed by atoms with Crippen LogP contribution in [0.5, 0.6) is 28.7 Å². The lowest BCUT2D eigenvalue weighted by molar-refractivity contribution is 0.106. The molecule has 0 heterocycles. The van der Waals surface area contributed by atoms with Crippen LogP contribution in [0, 0.1) is 0 Å². The molecular weight excluding hydrogens is 351 g/mol. The van der Waals surface area contributed by atoms with E-state index in [1.165, 1.54) is 0 Å². The van der Waals surface area contributed by atoms with Crippen molar-refractivity contribution in [3.63, 3.8) is 0 Å². The molecule has 0 aromatic heterocycles. The Kier molecular flexibility index (Phi) is 7.85. The van der Waals surface area contributed by atoms with E-state index < -0.39 is 0 Å². The molecule has 0 amide bonds. The second kappa shape index (κ2) is 10.3. The first-order valence-electron chi connectivity index (χ1n) is 8.03. The second-order valence-electron chi connectivity index (χ2n) is 5.24. The van der Waals surface area contributed by atoms with Crippen LogP contribution < -0.4 is 23.7 Å². The number of methoxy groups -OCH3 is 4. The first-order chi connectivity index (χ1) is 13.2. The number of ether oxygens (including phenoxy) is 5. The normalized spacial score (nSPS) is 10.6. The third kappa shape index (κ3) is 5.32. The van der Waals surface area contributed by atoms with Crippen molar-refractivity contribution in [2.75, 3.05) is 35.2 Å². The number of benzene rings is 2. The first kappa shape index (κ1) is 20.5. The zero-order valence-electron chi connectivity index (χ0n) is 15.7. The van der Waals surface area contributed by atoms with Gasteiger partial charge in [0.1, 0.15) is 0 Å². The Morgan fingerprint density at radius 1 is 0.778 bits per heavy atom. The Labute approximate surface area is 159 Å². The van der Waals surface area contributed by atoms with Crippen molar-refractivity contribution in [1.82, 2.24) is 0 Å². The topological polar surface area (TPSA) is 75.6 Å². The summed E-state index contributed by atoms with van der Waals surface area (Å²) in [7, 11) is 6.83. The van der Waals surface area contributed by atoms with Gasteiger partial charge >= 0.3 is 7.69 Å². The van der Waals surface area contributed by atoms with E-state index in [0.29, 0.717) is 36.4 Å². The van der Waals surface area contributed by atoms with Gasteiger partial charge in [0.25, 0.3) is 0 Å². The smallest absolute Gasteiger partial charge is 0.487 e. The molecule has 0 unspecified atom stereocenters. The molecule has 143 valence electrons. The number of hydrogen-bond acceptors (Lipinski definition) is 7. The lowest BCUT2D eigenvalue weighted by Crippen LogP contribution is -2.06. The van der Waals surface area contributed by atoms with Gasteiger partial charge in [0.15, 0.2) is 29.8 Å². The molecule has 0 spiro atoms. The average Bonchev–Trinajstić information content (AvgIpc) is 2.71. The lowest BCUT2D eigenvalue weighted by atomic mass is 10.1.